The second kappa shape index (κ2) is 9.13. The molecular formula is C17H18FNO5S2. The first-order valence-electron chi connectivity index (χ1n) is 7.54. The molecule has 0 radical (unpaired) electrons. The molecule has 0 bridgehead atoms. The zero-order valence-corrected chi connectivity index (χ0v) is 15.8. The molecule has 2 aromatic rings. The van der Waals surface area contributed by atoms with Gasteiger partial charge in [-0.2, -0.15) is 0 Å². The van der Waals surface area contributed by atoms with Gasteiger partial charge < -0.3 is 4.74 Å². The first-order chi connectivity index (χ1) is 12.4. The van der Waals surface area contributed by atoms with Gasteiger partial charge in [-0.05, 0) is 36.4 Å². The quantitative estimate of drug-likeness (QED) is 0.294. The maximum absolute atomic E-state index is 13.5. The summed E-state index contributed by atoms with van der Waals surface area (Å²) in [5, 5.41) is 0. The SMILES string of the molecule is CON(C)S(=O)(=O)c1ccc(C(=O)OCCSc2ccccc2F)cc1. The molecule has 0 saturated carbocycles. The van der Waals surface area contributed by atoms with Crippen molar-refractivity contribution in [2.45, 2.75) is 9.79 Å². The summed E-state index contributed by atoms with van der Waals surface area (Å²) in [6.07, 6.45) is 0. The highest BCUT2D eigenvalue weighted by molar-refractivity contribution is 7.99. The summed E-state index contributed by atoms with van der Waals surface area (Å²) in [5.74, 6) is -0.498. The molecule has 2 rings (SSSR count). The normalized spacial score (nSPS) is 11.5. The summed E-state index contributed by atoms with van der Waals surface area (Å²) in [6, 6.07) is 11.7. The summed E-state index contributed by atoms with van der Waals surface area (Å²) in [5.41, 5.74) is 0.222. The van der Waals surface area contributed by atoms with Crippen LogP contribution < -0.4 is 0 Å². The molecule has 0 spiro atoms. The molecule has 0 aliphatic heterocycles. The average molecular weight is 399 g/mol. The van der Waals surface area contributed by atoms with Crippen molar-refractivity contribution in [1.29, 1.82) is 0 Å². The van der Waals surface area contributed by atoms with Gasteiger partial charge >= 0.3 is 5.97 Å². The van der Waals surface area contributed by atoms with Crippen LogP contribution in [-0.2, 0) is 19.6 Å². The first kappa shape index (κ1) is 20.4. The van der Waals surface area contributed by atoms with Crippen LogP contribution in [0.1, 0.15) is 10.4 Å². The van der Waals surface area contributed by atoms with Gasteiger partial charge in [0.25, 0.3) is 10.0 Å². The van der Waals surface area contributed by atoms with Crippen molar-refractivity contribution < 1.29 is 27.2 Å². The second-order valence-electron chi connectivity index (χ2n) is 5.04. The number of benzene rings is 2. The number of rotatable bonds is 8. The van der Waals surface area contributed by atoms with E-state index in [1.807, 2.05) is 0 Å². The van der Waals surface area contributed by atoms with Gasteiger partial charge in [-0.3, -0.25) is 4.84 Å². The number of esters is 1. The molecule has 0 saturated heterocycles. The van der Waals surface area contributed by atoms with Crippen molar-refractivity contribution >= 4 is 27.8 Å². The number of halogens is 1. The largest absolute Gasteiger partial charge is 0.461 e. The van der Waals surface area contributed by atoms with E-state index in [0.717, 1.165) is 4.47 Å². The van der Waals surface area contributed by atoms with Crippen LogP contribution in [0.25, 0.3) is 0 Å². The van der Waals surface area contributed by atoms with Crippen LogP contribution in [0.3, 0.4) is 0 Å². The predicted octanol–water partition coefficient (Wildman–Crippen LogP) is 2.96. The fraction of sp³-hybridized carbons (Fsp3) is 0.235. The molecule has 0 unspecified atom stereocenters. The number of carbonyl (C=O) groups excluding carboxylic acids is 1. The van der Waals surface area contributed by atoms with E-state index in [-0.39, 0.29) is 22.9 Å². The van der Waals surface area contributed by atoms with Gasteiger partial charge in [0, 0.05) is 17.7 Å². The molecule has 0 heterocycles. The maximum Gasteiger partial charge on any atom is 0.338 e. The van der Waals surface area contributed by atoms with E-state index in [9.17, 15) is 17.6 Å². The molecule has 0 fully saturated rings. The number of hydroxylamine groups is 1. The molecule has 6 nitrogen and oxygen atoms in total. The molecule has 26 heavy (non-hydrogen) atoms. The number of thioether (sulfide) groups is 1. The summed E-state index contributed by atoms with van der Waals surface area (Å²) >= 11 is 1.24. The van der Waals surface area contributed by atoms with Crippen molar-refractivity contribution in [2.75, 3.05) is 26.5 Å². The fourth-order valence-electron chi connectivity index (χ4n) is 1.94. The predicted molar refractivity (Wildman–Crippen MR) is 95.8 cm³/mol. The van der Waals surface area contributed by atoms with E-state index in [4.69, 9.17) is 4.74 Å². The molecule has 0 aromatic heterocycles. The summed E-state index contributed by atoms with van der Waals surface area (Å²) in [7, 11) is -1.26. The molecule has 0 aliphatic rings. The lowest BCUT2D eigenvalue weighted by molar-refractivity contribution is -0.0258. The molecule has 140 valence electrons. The highest BCUT2D eigenvalue weighted by Gasteiger charge is 2.21. The Morgan fingerprint density at radius 2 is 1.81 bits per heavy atom. The molecule has 0 amide bonds. The van der Waals surface area contributed by atoms with Crippen LogP contribution in [0.4, 0.5) is 4.39 Å². The lowest BCUT2D eigenvalue weighted by atomic mass is 10.2. The number of hydrogen-bond acceptors (Lipinski definition) is 6. The lowest BCUT2D eigenvalue weighted by Crippen LogP contribution is -2.25. The number of ether oxygens (including phenoxy) is 1. The second-order valence-corrected chi connectivity index (χ2v) is 8.11. The monoisotopic (exact) mass is 399 g/mol. The third-order valence-electron chi connectivity index (χ3n) is 3.39. The van der Waals surface area contributed by atoms with Gasteiger partial charge in [-0.1, -0.05) is 16.6 Å². The fourth-order valence-corrected chi connectivity index (χ4v) is 3.68. The first-order valence-corrected chi connectivity index (χ1v) is 9.96. The lowest BCUT2D eigenvalue weighted by Gasteiger charge is -2.14. The van der Waals surface area contributed by atoms with Gasteiger partial charge in [-0.25, -0.2) is 17.6 Å². The van der Waals surface area contributed by atoms with E-state index in [1.165, 1.54) is 56.3 Å². The van der Waals surface area contributed by atoms with E-state index < -0.39 is 16.0 Å². The van der Waals surface area contributed by atoms with E-state index in [1.54, 1.807) is 18.2 Å². The van der Waals surface area contributed by atoms with Crippen LogP contribution in [0.5, 0.6) is 0 Å². The Hall–Kier alpha value is -1.94. The van der Waals surface area contributed by atoms with Gasteiger partial charge in [0.2, 0.25) is 0 Å². The van der Waals surface area contributed by atoms with Crippen molar-refractivity contribution in [3.8, 4) is 0 Å². The molecule has 2 aromatic carbocycles. The van der Waals surface area contributed by atoms with E-state index in [0.29, 0.717) is 10.6 Å². The van der Waals surface area contributed by atoms with Crippen LogP contribution in [0.2, 0.25) is 0 Å². The van der Waals surface area contributed by atoms with Crippen LogP contribution in [0.15, 0.2) is 58.3 Å². The Morgan fingerprint density at radius 3 is 2.42 bits per heavy atom. The zero-order valence-electron chi connectivity index (χ0n) is 14.2. The average Bonchev–Trinajstić information content (AvgIpc) is 2.65. The van der Waals surface area contributed by atoms with Crippen LogP contribution >= 0.6 is 11.8 Å². The highest BCUT2D eigenvalue weighted by atomic mass is 32.2. The smallest absolute Gasteiger partial charge is 0.338 e. The minimum absolute atomic E-state index is 0.00601. The number of carbonyl (C=O) groups is 1. The standard InChI is InChI=1S/C17H18FNO5S2/c1-19(23-2)26(21,22)14-9-7-13(8-10-14)17(20)24-11-12-25-16-6-4-3-5-15(16)18/h3-10H,11-12H2,1-2H3. The maximum atomic E-state index is 13.5. The highest BCUT2D eigenvalue weighted by Crippen LogP contribution is 2.21. The van der Waals surface area contributed by atoms with Crippen molar-refractivity contribution in [3.63, 3.8) is 0 Å². The molecule has 0 aliphatic carbocycles. The van der Waals surface area contributed by atoms with Gasteiger partial charge in [0.1, 0.15) is 12.4 Å². The minimum Gasteiger partial charge on any atom is -0.461 e. The topological polar surface area (TPSA) is 72.9 Å². The van der Waals surface area contributed by atoms with E-state index in [2.05, 4.69) is 4.84 Å². The summed E-state index contributed by atoms with van der Waals surface area (Å²) in [4.78, 5) is 17.1. The van der Waals surface area contributed by atoms with Crippen molar-refractivity contribution in [1.82, 2.24) is 4.47 Å². The van der Waals surface area contributed by atoms with Gasteiger partial charge in [-0.15, -0.1) is 11.8 Å². The Kier molecular flexibility index (Phi) is 7.15. The Labute approximate surface area is 155 Å². The van der Waals surface area contributed by atoms with Crippen LogP contribution in [0, 0.1) is 5.82 Å². The molecular weight excluding hydrogens is 381 g/mol. The van der Waals surface area contributed by atoms with Gasteiger partial charge in [0.15, 0.2) is 0 Å². The zero-order chi connectivity index (χ0) is 19.2. The Bertz CT molecular complexity index is 856. The van der Waals surface area contributed by atoms with Crippen molar-refractivity contribution in [3.05, 3.63) is 59.9 Å². The minimum atomic E-state index is -3.77. The third-order valence-corrected chi connectivity index (χ3v) is 6.10. The Balaban J connectivity index is 1.89. The number of hydrogen-bond donors (Lipinski definition) is 0. The van der Waals surface area contributed by atoms with E-state index >= 15 is 0 Å². The number of nitrogens with zero attached hydrogens (tertiary/aromatic N) is 1. The molecule has 0 N–H and O–H groups in total. The van der Waals surface area contributed by atoms with Gasteiger partial charge in [0.05, 0.1) is 17.6 Å². The number of sulfonamides is 1. The summed E-state index contributed by atoms with van der Waals surface area (Å²) < 4.78 is 43.4. The van der Waals surface area contributed by atoms with Crippen LogP contribution in [-0.4, -0.2) is 45.4 Å². The third kappa shape index (κ3) is 5.04. The molecule has 9 heteroatoms. The molecule has 0 atom stereocenters. The van der Waals surface area contributed by atoms with Crippen molar-refractivity contribution in [2.24, 2.45) is 0 Å². The summed E-state index contributed by atoms with van der Waals surface area (Å²) in [6.45, 7) is 0.101. The Morgan fingerprint density at radius 1 is 1.15 bits per heavy atom.